The molecule has 0 saturated carbocycles. The highest BCUT2D eigenvalue weighted by Gasteiger charge is 2.10. The second-order valence-electron chi connectivity index (χ2n) is 4.22. The summed E-state index contributed by atoms with van der Waals surface area (Å²) in [5, 5.41) is 0. The van der Waals surface area contributed by atoms with Gasteiger partial charge < -0.3 is 4.40 Å². The normalized spacial score (nSPS) is 11.1. The number of hydrogen-bond acceptors (Lipinski definition) is 2. The molecule has 0 unspecified atom stereocenters. The van der Waals surface area contributed by atoms with Crippen LogP contribution in [-0.2, 0) is 0 Å². The van der Waals surface area contributed by atoms with Gasteiger partial charge in [0.15, 0.2) is 0 Å². The lowest BCUT2D eigenvalue weighted by Gasteiger charge is -2.00. The number of fused-ring (bicyclic) bond motifs is 1. The van der Waals surface area contributed by atoms with E-state index in [1.807, 2.05) is 31.2 Å². The van der Waals surface area contributed by atoms with E-state index < -0.39 is 0 Å². The van der Waals surface area contributed by atoms with Gasteiger partial charge in [-0.05, 0) is 52.8 Å². The summed E-state index contributed by atoms with van der Waals surface area (Å²) >= 11 is 0. The molecule has 1 aromatic carbocycles. The van der Waals surface area contributed by atoms with Crippen molar-refractivity contribution in [2.75, 3.05) is 0 Å². The van der Waals surface area contributed by atoms with E-state index in [4.69, 9.17) is 10.7 Å². The second kappa shape index (κ2) is 4.87. The van der Waals surface area contributed by atoms with Gasteiger partial charge in [0.05, 0.1) is 5.69 Å². The average molecular weight is 293 g/mol. The molecule has 0 radical (unpaired) electrons. The van der Waals surface area contributed by atoms with Gasteiger partial charge in [-0.15, -0.1) is 0 Å². The van der Waals surface area contributed by atoms with E-state index in [0.717, 1.165) is 27.5 Å². The first-order valence-corrected chi connectivity index (χ1v) is 7.36. The minimum Gasteiger partial charge on any atom is -0.301 e. The fraction of sp³-hybridized carbons (Fsp3) is 0.0714. The first-order valence-electron chi connectivity index (χ1n) is 5.72. The molecule has 0 amide bonds. The van der Waals surface area contributed by atoms with Crippen LogP contribution in [0.4, 0.5) is 4.39 Å². The maximum absolute atomic E-state index is 13.3. The highest BCUT2D eigenvalue weighted by molar-refractivity contribution is 8.21. The van der Waals surface area contributed by atoms with Crippen LogP contribution in [0.3, 0.4) is 0 Å². The van der Waals surface area contributed by atoms with E-state index in [0.29, 0.717) is 0 Å². The Balaban J connectivity index is 2.16. The van der Waals surface area contributed by atoms with Crippen LogP contribution in [0.1, 0.15) is 5.69 Å². The molecule has 2 aromatic heterocycles. The van der Waals surface area contributed by atoms with E-state index in [9.17, 15) is 4.39 Å². The van der Waals surface area contributed by atoms with Gasteiger partial charge in [0.2, 0.25) is 0 Å². The van der Waals surface area contributed by atoms with Gasteiger partial charge in [0.1, 0.15) is 11.5 Å². The number of nitrogens with zero attached hydrogens (tertiary/aromatic N) is 2. The Hall–Kier alpha value is -1.52. The number of rotatable bonds is 2. The maximum atomic E-state index is 13.3. The molecule has 0 aliphatic heterocycles. The van der Waals surface area contributed by atoms with Crippen molar-refractivity contribution in [3.05, 3.63) is 54.1 Å². The number of hydrogen-bond donors (Lipinski definition) is 0. The van der Waals surface area contributed by atoms with Crippen molar-refractivity contribution < 1.29 is 4.39 Å². The lowest BCUT2D eigenvalue weighted by Crippen LogP contribution is -1.89. The molecule has 0 aliphatic carbocycles. The Morgan fingerprint density at radius 3 is 2.58 bits per heavy atom. The molecule has 0 bridgehead atoms. The number of imidazole rings is 1. The van der Waals surface area contributed by atoms with E-state index in [2.05, 4.69) is 4.98 Å². The van der Waals surface area contributed by atoms with Crippen molar-refractivity contribution in [1.29, 1.82) is 0 Å². The van der Waals surface area contributed by atoms with Crippen LogP contribution < -0.4 is 0 Å². The predicted octanol–water partition coefficient (Wildman–Crippen LogP) is 4.69. The molecular weight excluding hydrogens is 283 g/mol. The fourth-order valence-electron chi connectivity index (χ4n) is 2.07. The lowest BCUT2D eigenvalue weighted by atomic mass is 10.1. The molecule has 0 aliphatic rings. The SMILES string of the molecule is Cc1c(-c2ccc(SCl)cc2)nc2ccc(F)cn12. The number of benzene rings is 1. The van der Waals surface area contributed by atoms with Gasteiger partial charge in [-0.3, -0.25) is 0 Å². The number of halogens is 2. The van der Waals surface area contributed by atoms with Crippen LogP contribution in [0.15, 0.2) is 47.5 Å². The van der Waals surface area contributed by atoms with Gasteiger partial charge in [-0.2, -0.15) is 0 Å². The van der Waals surface area contributed by atoms with E-state index >= 15 is 0 Å². The van der Waals surface area contributed by atoms with Gasteiger partial charge in [-0.1, -0.05) is 12.1 Å². The van der Waals surface area contributed by atoms with Gasteiger partial charge in [0.25, 0.3) is 0 Å². The van der Waals surface area contributed by atoms with Crippen LogP contribution in [0, 0.1) is 12.7 Å². The molecule has 96 valence electrons. The van der Waals surface area contributed by atoms with Gasteiger partial charge in [0, 0.05) is 22.3 Å². The summed E-state index contributed by atoms with van der Waals surface area (Å²) < 4.78 is 15.0. The van der Waals surface area contributed by atoms with Gasteiger partial charge >= 0.3 is 0 Å². The molecule has 2 heterocycles. The second-order valence-corrected chi connectivity index (χ2v) is 5.31. The minimum atomic E-state index is -0.270. The average Bonchev–Trinajstić information content (AvgIpc) is 2.76. The van der Waals surface area contributed by atoms with Crippen molar-refractivity contribution in [3.63, 3.8) is 0 Å². The molecule has 0 fully saturated rings. The smallest absolute Gasteiger partial charge is 0.139 e. The monoisotopic (exact) mass is 292 g/mol. The van der Waals surface area contributed by atoms with E-state index in [-0.39, 0.29) is 5.82 Å². The highest BCUT2D eigenvalue weighted by atomic mass is 35.7. The number of aryl methyl sites for hydroxylation is 1. The standard InChI is InChI=1S/C14H10ClFN2S/c1-9-14(10-2-5-12(19-15)6-3-10)17-13-7-4-11(16)8-18(9)13/h2-8H,1H3. The summed E-state index contributed by atoms with van der Waals surface area (Å²) in [4.78, 5) is 5.52. The number of pyridine rings is 1. The zero-order valence-electron chi connectivity index (χ0n) is 10.1. The molecule has 0 N–H and O–H groups in total. The molecular formula is C14H10ClFN2S. The minimum absolute atomic E-state index is 0.270. The van der Waals surface area contributed by atoms with Crippen LogP contribution in [0.5, 0.6) is 0 Å². The van der Waals surface area contributed by atoms with Crippen molar-refractivity contribution >= 4 is 27.3 Å². The Morgan fingerprint density at radius 1 is 1.16 bits per heavy atom. The van der Waals surface area contributed by atoms with Crippen LogP contribution in [0.2, 0.25) is 0 Å². The first kappa shape index (κ1) is 12.5. The van der Waals surface area contributed by atoms with Crippen LogP contribution in [-0.4, -0.2) is 9.38 Å². The third-order valence-electron chi connectivity index (χ3n) is 3.04. The summed E-state index contributed by atoms with van der Waals surface area (Å²) in [6.07, 6.45) is 1.45. The van der Waals surface area contributed by atoms with Crippen molar-refractivity contribution in [2.45, 2.75) is 11.8 Å². The third kappa shape index (κ3) is 2.22. The summed E-state index contributed by atoms with van der Waals surface area (Å²) in [5.74, 6) is -0.270. The molecule has 3 rings (SSSR count). The number of aromatic nitrogens is 2. The van der Waals surface area contributed by atoms with Gasteiger partial charge in [-0.25, -0.2) is 9.37 Å². The quantitative estimate of drug-likeness (QED) is 0.681. The van der Waals surface area contributed by atoms with Crippen molar-refractivity contribution in [3.8, 4) is 11.3 Å². The molecule has 3 aromatic rings. The molecule has 0 saturated heterocycles. The molecule has 5 heteroatoms. The molecule has 0 spiro atoms. The Kier molecular flexibility index (Phi) is 3.21. The predicted molar refractivity (Wildman–Crippen MR) is 77.0 cm³/mol. The Labute approximate surface area is 118 Å². The maximum Gasteiger partial charge on any atom is 0.139 e. The third-order valence-corrected chi connectivity index (χ3v) is 4.02. The van der Waals surface area contributed by atoms with Crippen molar-refractivity contribution in [1.82, 2.24) is 9.38 Å². The largest absolute Gasteiger partial charge is 0.301 e. The summed E-state index contributed by atoms with van der Waals surface area (Å²) in [6, 6.07) is 10.9. The highest BCUT2D eigenvalue weighted by Crippen LogP contribution is 2.28. The topological polar surface area (TPSA) is 17.3 Å². The molecule has 2 nitrogen and oxygen atoms in total. The molecule has 0 atom stereocenters. The summed E-state index contributed by atoms with van der Waals surface area (Å²) in [5.41, 5.74) is 3.51. The molecule has 19 heavy (non-hydrogen) atoms. The fourth-order valence-corrected chi connectivity index (χ4v) is 2.62. The summed E-state index contributed by atoms with van der Waals surface area (Å²) in [7, 11) is 6.87. The van der Waals surface area contributed by atoms with E-state index in [1.165, 1.54) is 23.2 Å². The van der Waals surface area contributed by atoms with Crippen LogP contribution >= 0.6 is 21.7 Å². The first-order chi connectivity index (χ1) is 9.19. The zero-order valence-corrected chi connectivity index (χ0v) is 11.7. The zero-order chi connectivity index (χ0) is 13.4. The van der Waals surface area contributed by atoms with Crippen molar-refractivity contribution in [2.24, 2.45) is 0 Å². The summed E-state index contributed by atoms with van der Waals surface area (Å²) in [6.45, 7) is 1.93. The Bertz CT molecular complexity index is 737. The van der Waals surface area contributed by atoms with E-state index in [1.54, 1.807) is 10.5 Å². The van der Waals surface area contributed by atoms with Crippen LogP contribution in [0.25, 0.3) is 16.9 Å². The lowest BCUT2D eigenvalue weighted by molar-refractivity contribution is 0.618. The Morgan fingerprint density at radius 2 is 1.89 bits per heavy atom.